The highest BCUT2D eigenvalue weighted by molar-refractivity contribution is 5.76. The lowest BCUT2D eigenvalue weighted by atomic mass is 10.3. The Hall–Kier alpha value is -1.00. The van der Waals surface area contributed by atoms with E-state index < -0.39 is 30.5 Å². The summed E-state index contributed by atoms with van der Waals surface area (Å²) in [7, 11) is 0. The minimum absolute atomic E-state index is 0.625. The molecule has 0 heterocycles. The highest BCUT2D eigenvalue weighted by Crippen LogP contribution is 2.35. The van der Waals surface area contributed by atoms with Gasteiger partial charge in [0.25, 0.3) is 0 Å². The van der Waals surface area contributed by atoms with Crippen molar-refractivity contribution in [2.45, 2.75) is 38.4 Å². The van der Waals surface area contributed by atoms with Crippen molar-refractivity contribution in [1.29, 1.82) is 0 Å². The molecule has 0 saturated carbocycles. The van der Waals surface area contributed by atoms with Gasteiger partial charge in [-0.05, 0) is 13.8 Å². The van der Waals surface area contributed by atoms with Gasteiger partial charge in [-0.2, -0.15) is 22.0 Å². The van der Waals surface area contributed by atoms with Gasteiger partial charge in [0, 0.05) is 0 Å². The summed E-state index contributed by atoms with van der Waals surface area (Å²) in [4.78, 5) is 9.20. The van der Waals surface area contributed by atoms with E-state index in [9.17, 15) is 26.7 Å². The summed E-state index contributed by atoms with van der Waals surface area (Å²) in [5.41, 5.74) is 0. The Morgan fingerprint density at radius 2 is 1.35 bits per heavy atom. The average molecular weight is 269 g/mol. The van der Waals surface area contributed by atoms with Gasteiger partial charge < -0.3 is 15.3 Å². The first-order valence-electron chi connectivity index (χ1n) is 4.12. The number of aliphatic carboxylic acids is 1. The normalized spacial score (nSPS) is 15.6. The van der Waals surface area contributed by atoms with Crippen LogP contribution in [0.4, 0.5) is 22.0 Å². The molecular weight excluding hydrogens is 257 g/mol. The first kappa shape index (κ1) is 18.4. The molecule has 0 radical (unpaired) electrons. The van der Waals surface area contributed by atoms with E-state index in [1.807, 2.05) is 0 Å². The van der Waals surface area contributed by atoms with Crippen LogP contribution in [-0.4, -0.2) is 45.8 Å². The zero-order valence-corrected chi connectivity index (χ0v) is 8.79. The van der Waals surface area contributed by atoms with Gasteiger partial charge >= 0.3 is 18.1 Å². The Morgan fingerprint density at radius 3 is 1.35 bits per heavy atom. The Labute approximate surface area is 92.9 Å². The molecule has 0 aromatic carbocycles. The van der Waals surface area contributed by atoms with Crippen molar-refractivity contribution in [2.24, 2.45) is 0 Å². The fourth-order valence-electron chi connectivity index (χ4n) is 0.470. The van der Waals surface area contributed by atoms with E-state index in [4.69, 9.17) is 15.3 Å². The molecule has 0 saturated heterocycles. The molecule has 0 spiro atoms. The fourth-order valence-corrected chi connectivity index (χ4v) is 0.470. The van der Waals surface area contributed by atoms with Gasteiger partial charge in [-0.1, -0.05) is 0 Å². The predicted octanol–water partition coefficient (Wildman–Crippen LogP) is 0.521. The van der Waals surface area contributed by atoms with Crippen molar-refractivity contribution < 1.29 is 42.1 Å². The van der Waals surface area contributed by atoms with Gasteiger partial charge in [0.05, 0.1) is 0 Å². The maximum absolute atomic E-state index is 11.3. The standard InChI is InChI=1S/C4H11NO2.C3HF5O2/c1-3(6)5-4(2)7;4-2(5,1(9)10)3(6,7)8/h3-7H,1-2H3;(H,9,10). The second-order valence-corrected chi connectivity index (χ2v) is 2.90. The molecule has 4 N–H and O–H groups in total. The second-order valence-electron chi connectivity index (χ2n) is 2.90. The lowest BCUT2D eigenvalue weighted by molar-refractivity contribution is -0.277. The van der Waals surface area contributed by atoms with E-state index in [-0.39, 0.29) is 0 Å². The maximum Gasteiger partial charge on any atom is 0.465 e. The summed E-state index contributed by atoms with van der Waals surface area (Å²) in [6, 6.07) is 0. The lowest BCUT2D eigenvalue weighted by Gasteiger charge is -2.13. The third-order valence-electron chi connectivity index (χ3n) is 1.11. The van der Waals surface area contributed by atoms with Crippen molar-refractivity contribution in [1.82, 2.24) is 5.32 Å². The minimum atomic E-state index is -6.02. The molecule has 0 aliphatic carbocycles. The maximum atomic E-state index is 11.3. The number of carboxylic acid groups (broad SMARTS) is 1. The number of aliphatic hydroxyl groups excluding tert-OH is 2. The molecule has 2 unspecified atom stereocenters. The van der Waals surface area contributed by atoms with Gasteiger partial charge in [-0.15, -0.1) is 0 Å². The van der Waals surface area contributed by atoms with E-state index >= 15 is 0 Å². The molecule has 2 atom stereocenters. The van der Waals surface area contributed by atoms with E-state index in [2.05, 4.69) is 5.32 Å². The molecule has 0 rings (SSSR count). The molecule has 0 bridgehead atoms. The quantitative estimate of drug-likeness (QED) is 0.443. The van der Waals surface area contributed by atoms with Crippen LogP contribution in [0.5, 0.6) is 0 Å². The van der Waals surface area contributed by atoms with E-state index in [0.29, 0.717) is 0 Å². The van der Waals surface area contributed by atoms with Crippen LogP contribution in [0.25, 0.3) is 0 Å². The number of aliphatic hydroxyl groups is 2. The zero-order chi connectivity index (χ0) is 14.4. The van der Waals surface area contributed by atoms with E-state index in [1.165, 1.54) is 0 Å². The number of carboxylic acids is 1. The third kappa shape index (κ3) is 7.82. The molecule has 0 aromatic rings. The highest BCUT2D eigenvalue weighted by atomic mass is 19.4. The molecule has 10 heteroatoms. The Kier molecular flexibility index (Phi) is 7.20. The van der Waals surface area contributed by atoms with E-state index in [0.717, 1.165) is 0 Å². The molecule has 0 amide bonds. The predicted molar refractivity (Wildman–Crippen MR) is 45.1 cm³/mol. The molecule has 0 aliphatic heterocycles. The number of halogens is 5. The van der Waals surface area contributed by atoms with Gasteiger partial charge in [0.15, 0.2) is 0 Å². The van der Waals surface area contributed by atoms with Gasteiger partial charge in [0.2, 0.25) is 0 Å². The first-order valence-corrected chi connectivity index (χ1v) is 4.12. The molecule has 0 aliphatic rings. The van der Waals surface area contributed by atoms with Crippen molar-refractivity contribution in [3.8, 4) is 0 Å². The van der Waals surface area contributed by atoms with Gasteiger partial charge in [0.1, 0.15) is 12.5 Å². The Balaban J connectivity index is 0. The summed E-state index contributed by atoms with van der Waals surface area (Å²) in [6.45, 7) is 3.10. The smallest absolute Gasteiger partial charge is 0.465 e. The number of hydrogen-bond acceptors (Lipinski definition) is 4. The molecule has 17 heavy (non-hydrogen) atoms. The molecular formula is C7H12F5NO4. The molecule has 104 valence electrons. The Morgan fingerprint density at radius 1 is 1.06 bits per heavy atom. The van der Waals surface area contributed by atoms with Crippen molar-refractivity contribution >= 4 is 5.97 Å². The van der Waals surface area contributed by atoms with Crippen LogP contribution in [0.1, 0.15) is 13.8 Å². The summed E-state index contributed by atoms with van der Waals surface area (Å²) in [6.07, 6.45) is -7.27. The van der Waals surface area contributed by atoms with Crippen LogP contribution in [0.15, 0.2) is 0 Å². The van der Waals surface area contributed by atoms with Crippen LogP contribution >= 0.6 is 0 Å². The first-order chi connectivity index (χ1) is 7.32. The van der Waals surface area contributed by atoms with Crippen LogP contribution in [0.2, 0.25) is 0 Å². The van der Waals surface area contributed by atoms with Crippen LogP contribution in [0.3, 0.4) is 0 Å². The summed E-state index contributed by atoms with van der Waals surface area (Å²) >= 11 is 0. The number of rotatable bonds is 3. The van der Waals surface area contributed by atoms with Crippen molar-refractivity contribution in [3.05, 3.63) is 0 Å². The van der Waals surface area contributed by atoms with Crippen LogP contribution < -0.4 is 5.32 Å². The monoisotopic (exact) mass is 269 g/mol. The average Bonchev–Trinajstić information content (AvgIpc) is 1.99. The molecule has 0 aromatic heterocycles. The SMILES string of the molecule is CC(O)NC(C)O.O=C(O)C(F)(F)C(F)(F)F. The van der Waals surface area contributed by atoms with Crippen molar-refractivity contribution in [3.63, 3.8) is 0 Å². The summed E-state index contributed by atoms with van der Waals surface area (Å²) < 4.78 is 55.5. The van der Waals surface area contributed by atoms with Crippen LogP contribution in [-0.2, 0) is 4.79 Å². The largest absolute Gasteiger partial charge is 0.477 e. The number of nitrogens with one attached hydrogen (secondary N) is 1. The number of hydrogen-bond donors (Lipinski definition) is 4. The van der Waals surface area contributed by atoms with E-state index in [1.54, 1.807) is 13.8 Å². The summed E-state index contributed by atoms with van der Waals surface area (Å²) in [5.74, 6) is -8.84. The second kappa shape index (κ2) is 6.67. The van der Waals surface area contributed by atoms with Gasteiger partial charge in [-0.25, -0.2) is 4.79 Å². The molecule has 5 nitrogen and oxygen atoms in total. The minimum Gasteiger partial charge on any atom is -0.477 e. The third-order valence-corrected chi connectivity index (χ3v) is 1.11. The Bertz CT molecular complexity index is 235. The van der Waals surface area contributed by atoms with Gasteiger partial charge in [-0.3, -0.25) is 5.32 Å². The lowest BCUT2D eigenvalue weighted by Crippen LogP contribution is -2.43. The fraction of sp³-hybridized carbons (Fsp3) is 0.857. The number of alkyl halides is 5. The molecule has 0 fully saturated rings. The van der Waals surface area contributed by atoms with Crippen LogP contribution in [0, 0.1) is 0 Å². The zero-order valence-electron chi connectivity index (χ0n) is 8.79. The summed E-state index contributed by atoms with van der Waals surface area (Å²) in [5, 5.41) is 26.6. The topological polar surface area (TPSA) is 89.8 Å². The number of carbonyl (C=O) groups is 1. The highest BCUT2D eigenvalue weighted by Gasteiger charge is 2.64. The van der Waals surface area contributed by atoms with Crippen molar-refractivity contribution in [2.75, 3.05) is 0 Å².